The lowest BCUT2D eigenvalue weighted by molar-refractivity contribution is 0.109. The maximum Gasteiger partial charge on any atom is 0.229 e. The number of aromatic nitrogens is 1. The third-order valence-corrected chi connectivity index (χ3v) is 5.10. The summed E-state index contributed by atoms with van der Waals surface area (Å²) in [5.74, 6) is 0.879. The topological polar surface area (TPSA) is 112 Å². The molecule has 1 aromatic carbocycles. The van der Waals surface area contributed by atoms with E-state index >= 15 is 0 Å². The Morgan fingerprint density at radius 1 is 1.19 bits per heavy atom. The van der Waals surface area contributed by atoms with Crippen molar-refractivity contribution in [2.45, 2.75) is 6.10 Å². The first-order valence-corrected chi connectivity index (χ1v) is 10.6. The predicted octanol–water partition coefficient (Wildman–Crippen LogP) is 0.891. The molecule has 0 bridgehead atoms. The number of hydrogen-bond donors (Lipinski definition) is 3. The summed E-state index contributed by atoms with van der Waals surface area (Å²) in [6.45, 7) is 3.81. The molecule has 0 amide bonds. The van der Waals surface area contributed by atoms with Crippen LogP contribution in [0, 0.1) is 0 Å². The molecule has 0 saturated carbocycles. The smallest absolute Gasteiger partial charge is 0.229 e. The fourth-order valence-electron chi connectivity index (χ4n) is 3.10. The number of nitrogens with zero attached hydrogens (tertiary/aromatic N) is 3. The van der Waals surface area contributed by atoms with Gasteiger partial charge in [0.1, 0.15) is 5.82 Å². The van der Waals surface area contributed by atoms with E-state index in [1.54, 1.807) is 36.5 Å². The molecule has 1 aliphatic heterocycles. The first-order chi connectivity index (χ1) is 12.8. The Morgan fingerprint density at radius 2 is 1.85 bits per heavy atom. The fourth-order valence-corrected chi connectivity index (χ4v) is 3.67. The Kier molecular flexibility index (Phi) is 5.83. The van der Waals surface area contributed by atoms with Gasteiger partial charge < -0.3 is 15.7 Å². The maximum atomic E-state index is 11.2. The second-order valence-corrected chi connectivity index (χ2v) is 8.50. The molecule has 4 N–H and O–H groups in total. The molecule has 1 aromatic heterocycles. The van der Waals surface area contributed by atoms with E-state index in [1.807, 2.05) is 6.07 Å². The molecule has 8 nitrogen and oxygen atoms in total. The molecule has 0 radical (unpaired) electrons. The summed E-state index contributed by atoms with van der Waals surface area (Å²) in [7, 11) is -3.30. The van der Waals surface area contributed by atoms with Crippen molar-refractivity contribution >= 4 is 27.2 Å². The number of pyridine rings is 1. The molecule has 1 unspecified atom stereocenters. The van der Waals surface area contributed by atoms with E-state index in [4.69, 9.17) is 5.73 Å². The molecular formula is C18H25N5O3S. The Hall–Kier alpha value is -2.36. The highest BCUT2D eigenvalue weighted by Gasteiger charge is 2.21. The van der Waals surface area contributed by atoms with Gasteiger partial charge in [-0.15, -0.1) is 0 Å². The number of hydrogen-bond acceptors (Lipinski definition) is 7. The van der Waals surface area contributed by atoms with Crippen LogP contribution < -0.4 is 15.4 Å². The van der Waals surface area contributed by atoms with E-state index in [0.717, 1.165) is 43.8 Å². The van der Waals surface area contributed by atoms with Crippen molar-refractivity contribution in [3.05, 3.63) is 48.2 Å². The van der Waals surface area contributed by atoms with Crippen LogP contribution in [0.3, 0.4) is 0 Å². The third kappa shape index (κ3) is 5.56. The lowest BCUT2D eigenvalue weighted by Gasteiger charge is -2.36. The highest BCUT2D eigenvalue weighted by molar-refractivity contribution is 7.92. The van der Waals surface area contributed by atoms with Crippen LogP contribution >= 0.6 is 0 Å². The standard InChI is InChI=1S/C18H25N5O3S/c1-27(25,26)21-16-4-2-14(3-5-16)17(24)13-22-8-10-23(11-9-22)18-12-15(19)6-7-20-18/h2-7,12,17,21,24H,8-11,13H2,1H3,(H2,19,20). The van der Waals surface area contributed by atoms with Gasteiger partial charge >= 0.3 is 0 Å². The van der Waals surface area contributed by atoms with E-state index in [-0.39, 0.29) is 0 Å². The van der Waals surface area contributed by atoms with Crippen molar-refractivity contribution in [2.75, 3.05) is 54.3 Å². The number of aliphatic hydroxyl groups excluding tert-OH is 1. The van der Waals surface area contributed by atoms with Gasteiger partial charge in [0, 0.05) is 56.4 Å². The number of piperazine rings is 1. The minimum Gasteiger partial charge on any atom is -0.399 e. The minimum atomic E-state index is -3.30. The molecule has 27 heavy (non-hydrogen) atoms. The zero-order valence-corrected chi connectivity index (χ0v) is 16.1. The number of nitrogen functional groups attached to an aromatic ring is 1. The van der Waals surface area contributed by atoms with E-state index < -0.39 is 16.1 Å². The van der Waals surface area contributed by atoms with Crippen molar-refractivity contribution in [1.29, 1.82) is 0 Å². The number of β-amino-alcohol motifs (C(OH)–C–C–N with tert-alkyl or cyclic N) is 1. The SMILES string of the molecule is CS(=O)(=O)Nc1ccc(C(O)CN2CCN(c3cc(N)ccn3)CC2)cc1. The lowest BCUT2D eigenvalue weighted by Crippen LogP contribution is -2.47. The van der Waals surface area contributed by atoms with Gasteiger partial charge in [0.25, 0.3) is 0 Å². The molecule has 1 atom stereocenters. The number of anilines is 3. The normalized spacial score (nSPS) is 16.9. The van der Waals surface area contributed by atoms with Crippen LogP contribution in [-0.2, 0) is 10.0 Å². The Balaban J connectivity index is 1.52. The summed E-state index contributed by atoms with van der Waals surface area (Å²) < 4.78 is 24.9. The number of sulfonamides is 1. The number of benzene rings is 1. The van der Waals surface area contributed by atoms with Crippen LogP contribution in [-0.4, -0.2) is 62.4 Å². The van der Waals surface area contributed by atoms with Crippen LogP contribution in [0.15, 0.2) is 42.6 Å². The molecule has 1 aliphatic rings. The van der Waals surface area contributed by atoms with Gasteiger partial charge in [-0.2, -0.15) is 0 Å². The summed E-state index contributed by atoms with van der Waals surface area (Å²) >= 11 is 0. The number of nitrogens with two attached hydrogens (primary N) is 1. The zero-order chi connectivity index (χ0) is 19.4. The Morgan fingerprint density at radius 3 is 2.44 bits per heavy atom. The molecule has 146 valence electrons. The van der Waals surface area contributed by atoms with Gasteiger partial charge in [-0.05, 0) is 23.8 Å². The van der Waals surface area contributed by atoms with Gasteiger partial charge in [-0.3, -0.25) is 9.62 Å². The second-order valence-electron chi connectivity index (χ2n) is 6.75. The molecule has 0 spiro atoms. The number of nitrogens with one attached hydrogen (secondary N) is 1. The van der Waals surface area contributed by atoms with Crippen molar-refractivity contribution in [3.63, 3.8) is 0 Å². The van der Waals surface area contributed by atoms with Gasteiger partial charge in [-0.1, -0.05) is 12.1 Å². The average Bonchev–Trinajstić information content (AvgIpc) is 2.61. The predicted molar refractivity (Wildman–Crippen MR) is 107 cm³/mol. The molecule has 1 fully saturated rings. The number of rotatable bonds is 6. The quantitative estimate of drug-likeness (QED) is 0.670. The third-order valence-electron chi connectivity index (χ3n) is 4.50. The van der Waals surface area contributed by atoms with Crippen LogP contribution in [0.1, 0.15) is 11.7 Å². The van der Waals surface area contributed by atoms with E-state index in [0.29, 0.717) is 17.9 Å². The summed E-state index contributed by atoms with van der Waals surface area (Å²) in [5.41, 5.74) is 7.76. The average molecular weight is 391 g/mol. The molecule has 2 aromatic rings. The Labute approximate surface area is 159 Å². The van der Waals surface area contributed by atoms with Gasteiger partial charge in [0.05, 0.1) is 12.4 Å². The molecular weight excluding hydrogens is 366 g/mol. The zero-order valence-electron chi connectivity index (χ0n) is 15.2. The largest absolute Gasteiger partial charge is 0.399 e. The monoisotopic (exact) mass is 391 g/mol. The van der Waals surface area contributed by atoms with Crippen molar-refractivity contribution in [1.82, 2.24) is 9.88 Å². The first kappa shape index (κ1) is 19.4. The molecule has 3 rings (SSSR count). The van der Waals surface area contributed by atoms with Crippen LogP contribution in [0.4, 0.5) is 17.2 Å². The van der Waals surface area contributed by atoms with Gasteiger partial charge in [0.15, 0.2) is 0 Å². The molecule has 2 heterocycles. The molecule has 9 heteroatoms. The van der Waals surface area contributed by atoms with E-state index in [2.05, 4.69) is 19.5 Å². The Bertz CT molecular complexity index is 865. The van der Waals surface area contributed by atoms with Crippen molar-refractivity contribution < 1.29 is 13.5 Å². The second kappa shape index (κ2) is 8.12. The maximum absolute atomic E-state index is 11.2. The van der Waals surface area contributed by atoms with Gasteiger partial charge in [-0.25, -0.2) is 13.4 Å². The summed E-state index contributed by atoms with van der Waals surface area (Å²) in [5, 5.41) is 10.5. The summed E-state index contributed by atoms with van der Waals surface area (Å²) in [6, 6.07) is 10.4. The highest BCUT2D eigenvalue weighted by atomic mass is 32.2. The fraction of sp³-hybridized carbons (Fsp3) is 0.389. The van der Waals surface area contributed by atoms with Crippen molar-refractivity contribution in [2.24, 2.45) is 0 Å². The van der Waals surface area contributed by atoms with Gasteiger partial charge in [0.2, 0.25) is 10.0 Å². The highest BCUT2D eigenvalue weighted by Crippen LogP contribution is 2.20. The molecule has 0 aliphatic carbocycles. The summed E-state index contributed by atoms with van der Waals surface area (Å²) in [4.78, 5) is 8.75. The summed E-state index contributed by atoms with van der Waals surface area (Å²) in [6.07, 6.45) is 2.19. The lowest BCUT2D eigenvalue weighted by atomic mass is 10.1. The van der Waals surface area contributed by atoms with E-state index in [9.17, 15) is 13.5 Å². The van der Waals surface area contributed by atoms with E-state index in [1.165, 1.54) is 0 Å². The number of aliphatic hydroxyl groups is 1. The van der Waals surface area contributed by atoms with Crippen LogP contribution in [0.5, 0.6) is 0 Å². The van der Waals surface area contributed by atoms with Crippen LogP contribution in [0.2, 0.25) is 0 Å². The molecule has 1 saturated heterocycles. The van der Waals surface area contributed by atoms with Crippen molar-refractivity contribution in [3.8, 4) is 0 Å². The van der Waals surface area contributed by atoms with Crippen LogP contribution in [0.25, 0.3) is 0 Å². The first-order valence-electron chi connectivity index (χ1n) is 8.75. The minimum absolute atomic E-state index is 0.483.